The molecule has 0 aliphatic carbocycles. The summed E-state index contributed by atoms with van der Waals surface area (Å²) < 4.78 is 0. The van der Waals surface area contributed by atoms with Crippen molar-refractivity contribution in [3.05, 3.63) is 46.4 Å². The fraction of sp³-hybridized carbons (Fsp3) is 0.412. The maximum Gasteiger partial charge on any atom is 0.265 e. The second-order valence-corrected chi connectivity index (χ2v) is 6.74. The Hall–Kier alpha value is -1.88. The summed E-state index contributed by atoms with van der Waals surface area (Å²) in [6.45, 7) is 4.78. The fourth-order valence-corrected chi connectivity index (χ4v) is 3.80. The van der Waals surface area contributed by atoms with Gasteiger partial charge in [0.05, 0.1) is 11.2 Å². The number of aryl methyl sites for hydroxylation is 1. The van der Waals surface area contributed by atoms with E-state index in [9.17, 15) is 4.79 Å². The monoisotopic (exact) mass is 315 g/mol. The largest absolute Gasteiger partial charge is 0.371 e. The van der Waals surface area contributed by atoms with E-state index in [1.54, 1.807) is 5.51 Å². The molecule has 1 aliphatic rings. The summed E-state index contributed by atoms with van der Waals surface area (Å²) in [4.78, 5) is 21.6. The molecule has 0 radical (unpaired) electrons. The smallest absolute Gasteiger partial charge is 0.265 e. The Labute approximate surface area is 135 Å². The zero-order chi connectivity index (χ0) is 15.5. The van der Waals surface area contributed by atoms with Crippen LogP contribution in [0.4, 0.5) is 5.69 Å². The summed E-state index contributed by atoms with van der Waals surface area (Å²) >= 11 is 1.43. The molecule has 1 aliphatic heterocycles. The Kier molecular flexibility index (Phi) is 4.43. The number of carbonyl (C=O) groups excluding carboxylic acids is 1. The van der Waals surface area contributed by atoms with E-state index in [2.05, 4.69) is 34.1 Å². The van der Waals surface area contributed by atoms with Crippen molar-refractivity contribution in [2.24, 2.45) is 5.92 Å². The van der Waals surface area contributed by atoms with Crippen molar-refractivity contribution >= 4 is 22.9 Å². The molecule has 1 aromatic heterocycles. The zero-order valence-corrected chi connectivity index (χ0v) is 13.8. The number of hydrogen-bond acceptors (Lipinski definition) is 4. The lowest BCUT2D eigenvalue weighted by molar-refractivity contribution is 0.0780. The predicted molar refractivity (Wildman–Crippen MR) is 90.6 cm³/mol. The minimum absolute atomic E-state index is 0.0955. The van der Waals surface area contributed by atoms with Crippen LogP contribution in [-0.4, -0.2) is 42.5 Å². The van der Waals surface area contributed by atoms with Gasteiger partial charge in [0.2, 0.25) is 0 Å². The maximum absolute atomic E-state index is 12.4. The highest BCUT2D eigenvalue weighted by Gasteiger charge is 2.26. The molecule has 3 rings (SSSR count). The Morgan fingerprint density at radius 2 is 2.18 bits per heavy atom. The highest BCUT2D eigenvalue weighted by atomic mass is 32.1. The van der Waals surface area contributed by atoms with Crippen LogP contribution in [-0.2, 0) is 0 Å². The van der Waals surface area contributed by atoms with Crippen LogP contribution in [0.15, 0.2) is 35.8 Å². The average molecular weight is 315 g/mol. The summed E-state index contributed by atoms with van der Waals surface area (Å²) in [6, 6.07) is 10.5. The lowest BCUT2D eigenvalue weighted by Crippen LogP contribution is -2.33. The molecule has 22 heavy (non-hydrogen) atoms. The van der Waals surface area contributed by atoms with E-state index in [-0.39, 0.29) is 5.91 Å². The molecular formula is C17H21N3OS. The first kappa shape index (κ1) is 15.0. The van der Waals surface area contributed by atoms with Gasteiger partial charge < -0.3 is 9.80 Å². The Bertz CT molecular complexity index is 640. The van der Waals surface area contributed by atoms with E-state index in [0.717, 1.165) is 36.6 Å². The van der Waals surface area contributed by atoms with Gasteiger partial charge in [-0.3, -0.25) is 4.79 Å². The van der Waals surface area contributed by atoms with E-state index in [1.165, 1.54) is 17.0 Å². The van der Waals surface area contributed by atoms with E-state index in [1.807, 2.05) is 24.9 Å². The molecular weight excluding hydrogens is 294 g/mol. The summed E-state index contributed by atoms with van der Waals surface area (Å²) in [7, 11) is 1.90. The minimum atomic E-state index is 0.0955. The third-order valence-electron chi connectivity index (χ3n) is 4.23. The molecule has 5 heteroatoms. The van der Waals surface area contributed by atoms with Crippen LogP contribution in [0.1, 0.15) is 21.8 Å². The summed E-state index contributed by atoms with van der Waals surface area (Å²) in [6.07, 6.45) is 1.13. The number of thiazole rings is 1. The molecule has 116 valence electrons. The molecule has 1 saturated heterocycles. The van der Waals surface area contributed by atoms with Gasteiger partial charge in [-0.25, -0.2) is 4.98 Å². The molecule has 1 fully saturated rings. The molecule has 0 spiro atoms. The molecule has 2 heterocycles. The first-order chi connectivity index (χ1) is 10.6. The van der Waals surface area contributed by atoms with Crippen LogP contribution in [0.25, 0.3) is 0 Å². The van der Waals surface area contributed by atoms with Gasteiger partial charge in [-0.15, -0.1) is 11.3 Å². The normalized spacial score (nSPS) is 17.7. The van der Waals surface area contributed by atoms with Crippen molar-refractivity contribution in [1.82, 2.24) is 9.88 Å². The molecule has 0 unspecified atom stereocenters. The number of hydrogen-bond donors (Lipinski definition) is 0. The minimum Gasteiger partial charge on any atom is -0.371 e. The lowest BCUT2D eigenvalue weighted by atomic mass is 10.1. The lowest BCUT2D eigenvalue weighted by Gasteiger charge is -2.22. The molecule has 1 amide bonds. The number of rotatable bonds is 4. The number of nitrogens with zero attached hydrogens (tertiary/aromatic N) is 3. The zero-order valence-electron chi connectivity index (χ0n) is 13.0. The first-order valence-corrected chi connectivity index (χ1v) is 8.48. The van der Waals surface area contributed by atoms with E-state index < -0.39 is 0 Å². The van der Waals surface area contributed by atoms with Crippen molar-refractivity contribution in [3.8, 4) is 0 Å². The van der Waals surface area contributed by atoms with Gasteiger partial charge in [-0.2, -0.15) is 0 Å². The number of benzene rings is 1. The fourth-order valence-electron chi connectivity index (χ4n) is 3.01. The molecule has 0 saturated carbocycles. The molecule has 2 aromatic rings. The van der Waals surface area contributed by atoms with Gasteiger partial charge in [-0.1, -0.05) is 18.2 Å². The Balaban J connectivity index is 1.58. The van der Waals surface area contributed by atoms with E-state index in [0.29, 0.717) is 5.92 Å². The number of para-hydroxylation sites is 1. The number of carbonyl (C=O) groups is 1. The summed E-state index contributed by atoms with van der Waals surface area (Å²) in [5, 5.41) is 0. The number of amides is 1. The third-order valence-corrected chi connectivity index (χ3v) is 5.14. The predicted octanol–water partition coefficient (Wildman–Crippen LogP) is 3.05. The van der Waals surface area contributed by atoms with E-state index in [4.69, 9.17) is 0 Å². The topological polar surface area (TPSA) is 36.4 Å². The van der Waals surface area contributed by atoms with Crippen molar-refractivity contribution in [2.75, 3.05) is 31.6 Å². The van der Waals surface area contributed by atoms with Crippen molar-refractivity contribution in [3.63, 3.8) is 0 Å². The Morgan fingerprint density at radius 3 is 2.86 bits per heavy atom. The second-order valence-electron chi connectivity index (χ2n) is 5.89. The van der Waals surface area contributed by atoms with E-state index >= 15 is 0 Å². The van der Waals surface area contributed by atoms with Crippen molar-refractivity contribution < 1.29 is 4.79 Å². The van der Waals surface area contributed by atoms with Crippen LogP contribution in [0, 0.1) is 12.8 Å². The second kappa shape index (κ2) is 6.48. The summed E-state index contributed by atoms with van der Waals surface area (Å²) in [5.41, 5.74) is 3.85. The quantitative estimate of drug-likeness (QED) is 0.870. The van der Waals surface area contributed by atoms with Crippen LogP contribution < -0.4 is 4.90 Å². The van der Waals surface area contributed by atoms with Gasteiger partial charge in [0, 0.05) is 32.4 Å². The third kappa shape index (κ3) is 3.14. The highest BCUT2D eigenvalue weighted by Crippen LogP contribution is 2.24. The molecule has 0 bridgehead atoms. The molecule has 0 N–H and O–H groups in total. The Morgan fingerprint density at radius 1 is 1.41 bits per heavy atom. The van der Waals surface area contributed by atoms with Gasteiger partial charge >= 0.3 is 0 Å². The van der Waals surface area contributed by atoms with Gasteiger partial charge in [0.1, 0.15) is 4.88 Å². The van der Waals surface area contributed by atoms with Gasteiger partial charge in [0.25, 0.3) is 5.91 Å². The van der Waals surface area contributed by atoms with Crippen LogP contribution >= 0.6 is 11.3 Å². The molecule has 1 aromatic carbocycles. The maximum atomic E-state index is 12.4. The van der Waals surface area contributed by atoms with Crippen LogP contribution in [0.3, 0.4) is 0 Å². The highest BCUT2D eigenvalue weighted by molar-refractivity contribution is 7.11. The average Bonchev–Trinajstić information content (AvgIpc) is 3.16. The van der Waals surface area contributed by atoms with Crippen molar-refractivity contribution in [2.45, 2.75) is 13.3 Å². The standard InChI is InChI=1S/C17H21N3OS/c1-13-16(22-12-18-13)17(21)19(2)10-14-8-9-20(11-14)15-6-4-3-5-7-15/h3-7,12,14H,8-11H2,1-2H3/t14-/m1/s1. The van der Waals surface area contributed by atoms with Crippen molar-refractivity contribution in [1.29, 1.82) is 0 Å². The van der Waals surface area contributed by atoms with Gasteiger partial charge in [0.15, 0.2) is 0 Å². The number of anilines is 1. The van der Waals surface area contributed by atoms with Gasteiger partial charge in [-0.05, 0) is 31.4 Å². The van der Waals surface area contributed by atoms with Crippen LogP contribution in [0.2, 0.25) is 0 Å². The van der Waals surface area contributed by atoms with Crippen LogP contribution in [0.5, 0.6) is 0 Å². The first-order valence-electron chi connectivity index (χ1n) is 7.60. The molecule has 4 nitrogen and oxygen atoms in total. The SMILES string of the molecule is Cc1ncsc1C(=O)N(C)C[C@H]1CCN(c2ccccc2)C1. The summed E-state index contributed by atoms with van der Waals surface area (Å²) in [5.74, 6) is 0.626. The molecule has 1 atom stereocenters. The number of aromatic nitrogens is 1.